The first kappa shape index (κ1) is 13.9. The van der Waals surface area contributed by atoms with Crippen molar-refractivity contribution in [1.29, 1.82) is 0 Å². The van der Waals surface area contributed by atoms with Crippen LogP contribution in [0.25, 0.3) is 0 Å². The molecule has 0 bridgehead atoms. The maximum atomic E-state index is 11.2. The predicted octanol–water partition coefficient (Wildman–Crippen LogP) is -0.0622. The molecule has 0 saturated heterocycles. The van der Waals surface area contributed by atoms with Gasteiger partial charge < -0.3 is 10.1 Å². The number of carbonyl (C=O) groups excluding carboxylic acids is 1. The summed E-state index contributed by atoms with van der Waals surface area (Å²) in [4.78, 5) is 11.2. The molecule has 1 heterocycles. The first-order chi connectivity index (χ1) is 8.27. The lowest BCUT2D eigenvalue weighted by Gasteiger charge is -2.04. The van der Waals surface area contributed by atoms with Crippen molar-refractivity contribution >= 4 is 17.7 Å². The Morgan fingerprint density at radius 3 is 3.06 bits per heavy atom. The molecule has 1 rings (SSSR count). The summed E-state index contributed by atoms with van der Waals surface area (Å²) in [6.07, 6.45) is 0. The Balaban J connectivity index is 2.37. The summed E-state index contributed by atoms with van der Waals surface area (Å²) in [5.74, 6) is -0.0196. The number of ether oxygens (including phenoxy) is 1. The summed E-state index contributed by atoms with van der Waals surface area (Å²) >= 11 is 1.28. The average molecular weight is 259 g/mol. The van der Waals surface area contributed by atoms with Crippen molar-refractivity contribution in [3.63, 3.8) is 0 Å². The quantitative estimate of drug-likeness (QED) is 0.398. The van der Waals surface area contributed by atoms with E-state index in [0.717, 1.165) is 13.1 Å². The topological polar surface area (TPSA) is 81.9 Å². The molecular formula is C9H17N5O2S. The fraction of sp³-hybridized carbons (Fsp3) is 0.778. The van der Waals surface area contributed by atoms with Gasteiger partial charge >= 0.3 is 5.97 Å². The summed E-state index contributed by atoms with van der Waals surface area (Å²) in [6.45, 7) is 6.61. The van der Waals surface area contributed by atoms with Crippen LogP contribution in [0.2, 0.25) is 0 Å². The van der Waals surface area contributed by atoms with E-state index >= 15 is 0 Å². The Morgan fingerprint density at radius 1 is 1.53 bits per heavy atom. The number of nitrogens with one attached hydrogen (secondary N) is 1. The molecule has 0 saturated carbocycles. The van der Waals surface area contributed by atoms with E-state index in [1.54, 1.807) is 11.6 Å². The number of aromatic nitrogens is 4. The number of rotatable bonds is 8. The smallest absolute Gasteiger partial charge is 0.316 e. The van der Waals surface area contributed by atoms with Gasteiger partial charge in [0.2, 0.25) is 5.16 Å². The highest BCUT2D eigenvalue weighted by Crippen LogP contribution is 2.13. The van der Waals surface area contributed by atoms with E-state index < -0.39 is 0 Å². The zero-order chi connectivity index (χ0) is 12.5. The summed E-state index contributed by atoms with van der Waals surface area (Å²) in [7, 11) is 0. The number of hydrogen-bond acceptors (Lipinski definition) is 7. The van der Waals surface area contributed by atoms with Gasteiger partial charge in [0.15, 0.2) is 0 Å². The van der Waals surface area contributed by atoms with Gasteiger partial charge in [-0.05, 0) is 23.9 Å². The van der Waals surface area contributed by atoms with Crippen LogP contribution >= 0.6 is 11.8 Å². The Bertz CT molecular complexity index is 344. The van der Waals surface area contributed by atoms with Crippen molar-refractivity contribution in [3.8, 4) is 0 Å². The molecule has 0 spiro atoms. The van der Waals surface area contributed by atoms with Crippen LogP contribution in [0.3, 0.4) is 0 Å². The number of hydrogen-bond donors (Lipinski definition) is 1. The number of carbonyl (C=O) groups is 1. The molecule has 96 valence electrons. The molecule has 0 radical (unpaired) electrons. The summed E-state index contributed by atoms with van der Waals surface area (Å²) in [5, 5.41) is 15.1. The van der Waals surface area contributed by atoms with Crippen LogP contribution in [0.15, 0.2) is 5.16 Å². The second-order valence-electron chi connectivity index (χ2n) is 3.13. The first-order valence-electron chi connectivity index (χ1n) is 5.53. The highest BCUT2D eigenvalue weighted by atomic mass is 32.2. The van der Waals surface area contributed by atoms with Crippen molar-refractivity contribution in [2.24, 2.45) is 0 Å². The third-order valence-corrected chi connectivity index (χ3v) is 2.80. The SMILES string of the molecule is CCNCCn1nnnc1SCC(=O)OCC. The van der Waals surface area contributed by atoms with Crippen molar-refractivity contribution in [1.82, 2.24) is 25.5 Å². The van der Waals surface area contributed by atoms with Gasteiger partial charge in [-0.25, -0.2) is 4.68 Å². The largest absolute Gasteiger partial charge is 0.465 e. The van der Waals surface area contributed by atoms with Gasteiger partial charge in [0, 0.05) is 6.54 Å². The molecule has 0 aliphatic rings. The van der Waals surface area contributed by atoms with Gasteiger partial charge in [0.25, 0.3) is 0 Å². The first-order valence-corrected chi connectivity index (χ1v) is 6.51. The van der Waals surface area contributed by atoms with Crippen LogP contribution in [0, 0.1) is 0 Å². The van der Waals surface area contributed by atoms with Crippen molar-refractivity contribution in [2.45, 2.75) is 25.5 Å². The Hall–Kier alpha value is -1.15. The van der Waals surface area contributed by atoms with Crippen molar-refractivity contribution in [2.75, 3.05) is 25.4 Å². The summed E-state index contributed by atoms with van der Waals surface area (Å²) in [5.41, 5.74) is 0. The third-order valence-electron chi connectivity index (χ3n) is 1.87. The zero-order valence-corrected chi connectivity index (χ0v) is 10.9. The van der Waals surface area contributed by atoms with Crippen LogP contribution in [0.5, 0.6) is 0 Å². The fourth-order valence-corrected chi connectivity index (χ4v) is 1.83. The van der Waals surface area contributed by atoms with E-state index in [2.05, 4.69) is 20.8 Å². The highest BCUT2D eigenvalue weighted by Gasteiger charge is 2.09. The van der Waals surface area contributed by atoms with E-state index in [1.807, 2.05) is 6.92 Å². The standard InChI is InChI=1S/C9H17N5O2S/c1-3-10-5-6-14-9(11-12-13-14)17-7-8(15)16-4-2/h10H,3-7H2,1-2H3. The monoisotopic (exact) mass is 259 g/mol. The molecule has 0 aliphatic carbocycles. The van der Waals surface area contributed by atoms with Crippen LogP contribution in [0.4, 0.5) is 0 Å². The van der Waals surface area contributed by atoms with E-state index in [4.69, 9.17) is 4.74 Å². The number of thioether (sulfide) groups is 1. The molecule has 0 amide bonds. The van der Waals surface area contributed by atoms with Crippen LogP contribution < -0.4 is 5.32 Å². The van der Waals surface area contributed by atoms with E-state index in [-0.39, 0.29) is 11.7 Å². The molecule has 8 heteroatoms. The lowest BCUT2D eigenvalue weighted by atomic mass is 10.6. The van der Waals surface area contributed by atoms with E-state index in [0.29, 0.717) is 18.3 Å². The molecule has 1 aromatic rings. The molecule has 0 unspecified atom stereocenters. The minimum Gasteiger partial charge on any atom is -0.465 e. The van der Waals surface area contributed by atoms with E-state index in [9.17, 15) is 4.79 Å². The Labute approximate surface area is 104 Å². The van der Waals surface area contributed by atoms with Gasteiger partial charge in [-0.3, -0.25) is 4.79 Å². The van der Waals surface area contributed by atoms with Crippen LogP contribution in [-0.4, -0.2) is 51.6 Å². The molecule has 0 aromatic carbocycles. The van der Waals surface area contributed by atoms with Gasteiger partial charge in [-0.1, -0.05) is 18.7 Å². The minimum absolute atomic E-state index is 0.232. The molecule has 7 nitrogen and oxygen atoms in total. The Kier molecular flexibility index (Phi) is 6.56. The number of esters is 1. The lowest BCUT2D eigenvalue weighted by molar-refractivity contribution is -0.139. The summed E-state index contributed by atoms with van der Waals surface area (Å²) < 4.78 is 6.50. The molecular weight excluding hydrogens is 242 g/mol. The van der Waals surface area contributed by atoms with E-state index in [1.165, 1.54) is 11.8 Å². The highest BCUT2D eigenvalue weighted by molar-refractivity contribution is 7.99. The lowest BCUT2D eigenvalue weighted by Crippen LogP contribution is -2.20. The molecule has 0 atom stereocenters. The maximum Gasteiger partial charge on any atom is 0.316 e. The molecule has 17 heavy (non-hydrogen) atoms. The normalized spacial score (nSPS) is 10.5. The van der Waals surface area contributed by atoms with Gasteiger partial charge in [0.1, 0.15) is 0 Å². The maximum absolute atomic E-state index is 11.2. The molecule has 1 N–H and O–H groups in total. The van der Waals surface area contributed by atoms with Crippen molar-refractivity contribution < 1.29 is 9.53 Å². The second-order valence-corrected chi connectivity index (χ2v) is 4.07. The van der Waals surface area contributed by atoms with Crippen LogP contribution in [-0.2, 0) is 16.1 Å². The second kappa shape index (κ2) is 8.02. The van der Waals surface area contributed by atoms with Gasteiger partial charge in [-0.2, -0.15) is 0 Å². The zero-order valence-electron chi connectivity index (χ0n) is 10.0. The van der Waals surface area contributed by atoms with Crippen LogP contribution in [0.1, 0.15) is 13.8 Å². The number of tetrazole rings is 1. The molecule has 1 aromatic heterocycles. The average Bonchev–Trinajstić information content (AvgIpc) is 2.75. The van der Waals surface area contributed by atoms with Gasteiger partial charge in [0.05, 0.1) is 18.9 Å². The fourth-order valence-electron chi connectivity index (χ4n) is 1.13. The third kappa shape index (κ3) is 5.14. The molecule has 0 aliphatic heterocycles. The summed E-state index contributed by atoms with van der Waals surface area (Å²) in [6, 6.07) is 0. The number of nitrogens with zero attached hydrogens (tertiary/aromatic N) is 4. The Morgan fingerprint density at radius 2 is 2.35 bits per heavy atom. The van der Waals surface area contributed by atoms with Crippen molar-refractivity contribution in [3.05, 3.63) is 0 Å². The number of likely N-dealkylation sites (N-methyl/N-ethyl adjacent to an activating group) is 1. The molecule has 0 fully saturated rings. The van der Waals surface area contributed by atoms with Gasteiger partial charge in [-0.15, -0.1) is 5.10 Å². The minimum atomic E-state index is -0.251. The predicted molar refractivity (Wildman–Crippen MR) is 63.7 cm³/mol.